The summed E-state index contributed by atoms with van der Waals surface area (Å²) in [4.78, 5) is 16.8. The Balaban J connectivity index is 2.67. The number of carbonyl (C=O) groups is 1. The molecule has 0 atom stereocenters. The van der Waals surface area contributed by atoms with Crippen molar-refractivity contribution in [2.75, 3.05) is 25.6 Å². The molecule has 1 rings (SSSR count). The van der Waals surface area contributed by atoms with Crippen LogP contribution in [0, 0.1) is 11.3 Å². The van der Waals surface area contributed by atoms with Crippen LogP contribution in [0.25, 0.3) is 0 Å². The number of aromatic nitrogens is 1. The third-order valence-corrected chi connectivity index (χ3v) is 2.01. The Labute approximate surface area is 99.8 Å². The number of carbonyl (C=O) groups excluding carboxylic acids is 1. The molecule has 1 aromatic rings. The topological polar surface area (TPSA) is 79.4 Å². The van der Waals surface area contributed by atoms with Crippen LogP contribution in [-0.2, 0) is 16.0 Å². The smallest absolute Gasteiger partial charge is 0.306 e. The van der Waals surface area contributed by atoms with E-state index in [0.717, 1.165) is 0 Å². The third-order valence-electron chi connectivity index (χ3n) is 2.01. The van der Waals surface area contributed by atoms with Crippen LogP contribution in [0.5, 0.6) is 0 Å². The van der Waals surface area contributed by atoms with Crippen molar-refractivity contribution in [2.45, 2.75) is 19.8 Å². The number of esters is 1. The van der Waals surface area contributed by atoms with Gasteiger partial charge in [-0.1, -0.05) is 0 Å². The zero-order chi connectivity index (χ0) is 12.8. The lowest BCUT2D eigenvalue weighted by atomic mass is 10.3. The molecule has 0 N–H and O–H groups in total. The summed E-state index contributed by atoms with van der Waals surface area (Å²) in [6, 6.07) is 1.95. The average Bonchev–Trinajstić information content (AvgIpc) is 2.70. The molecule has 0 spiro atoms. The van der Waals surface area contributed by atoms with E-state index in [1.54, 1.807) is 25.9 Å². The molecule has 0 unspecified atom stereocenters. The van der Waals surface area contributed by atoms with Crippen LogP contribution < -0.4 is 4.90 Å². The molecule has 0 bridgehead atoms. The molecule has 0 saturated heterocycles. The Morgan fingerprint density at radius 2 is 2.29 bits per heavy atom. The van der Waals surface area contributed by atoms with Gasteiger partial charge in [0.05, 0.1) is 13.0 Å². The Kier molecular flexibility index (Phi) is 4.52. The fourth-order valence-electron chi connectivity index (χ4n) is 1.28. The van der Waals surface area contributed by atoms with Gasteiger partial charge in [0.1, 0.15) is 6.07 Å². The van der Waals surface area contributed by atoms with Crippen molar-refractivity contribution < 1.29 is 13.9 Å². The molecular formula is C11H15N3O3. The van der Waals surface area contributed by atoms with Crippen molar-refractivity contribution in [3.8, 4) is 6.07 Å². The van der Waals surface area contributed by atoms with Gasteiger partial charge in [-0.05, 0) is 6.92 Å². The maximum absolute atomic E-state index is 11.1. The maximum Gasteiger partial charge on any atom is 0.306 e. The number of ether oxygens (including phenoxy) is 1. The molecule has 6 nitrogen and oxygen atoms in total. The zero-order valence-electron chi connectivity index (χ0n) is 10.2. The second kappa shape index (κ2) is 5.89. The first-order valence-electron chi connectivity index (χ1n) is 5.31. The molecule has 0 fully saturated rings. The lowest BCUT2D eigenvalue weighted by Gasteiger charge is -2.06. The van der Waals surface area contributed by atoms with Crippen LogP contribution in [0.4, 0.5) is 5.88 Å². The maximum atomic E-state index is 11.1. The van der Waals surface area contributed by atoms with E-state index in [4.69, 9.17) is 14.4 Å². The molecule has 92 valence electrons. The van der Waals surface area contributed by atoms with Gasteiger partial charge in [-0.15, -0.1) is 0 Å². The lowest BCUT2D eigenvalue weighted by molar-refractivity contribution is -0.143. The summed E-state index contributed by atoms with van der Waals surface area (Å²) in [7, 11) is 3.52. The Bertz CT molecular complexity index is 432. The van der Waals surface area contributed by atoms with Crippen molar-refractivity contribution in [3.05, 3.63) is 11.6 Å². The first kappa shape index (κ1) is 13.0. The van der Waals surface area contributed by atoms with Gasteiger partial charge < -0.3 is 14.1 Å². The van der Waals surface area contributed by atoms with E-state index in [-0.39, 0.29) is 18.1 Å². The molecule has 0 aliphatic carbocycles. The van der Waals surface area contributed by atoms with Crippen LogP contribution >= 0.6 is 0 Å². The second-order valence-electron chi connectivity index (χ2n) is 3.57. The lowest BCUT2D eigenvalue weighted by Crippen LogP contribution is -2.08. The van der Waals surface area contributed by atoms with Crippen molar-refractivity contribution in [2.24, 2.45) is 0 Å². The third kappa shape index (κ3) is 3.48. The van der Waals surface area contributed by atoms with Crippen molar-refractivity contribution in [1.29, 1.82) is 5.26 Å². The molecule has 0 amide bonds. The molecular weight excluding hydrogens is 222 g/mol. The van der Waals surface area contributed by atoms with Gasteiger partial charge >= 0.3 is 5.97 Å². The molecule has 1 aromatic heterocycles. The van der Waals surface area contributed by atoms with E-state index in [0.29, 0.717) is 24.8 Å². The molecule has 0 aromatic carbocycles. The summed E-state index contributed by atoms with van der Waals surface area (Å²) >= 11 is 0. The number of hydrogen-bond acceptors (Lipinski definition) is 6. The van der Waals surface area contributed by atoms with Gasteiger partial charge in [0.2, 0.25) is 11.6 Å². The number of nitrogens with zero attached hydrogens (tertiary/aromatic N) is 3. The summed E-state index contributed by atoms with van der Waals surface area (Å²) in [6.07, 6.45) is 0.535. The fourth-order valence-corrected chi connectivity index (χ4v) is 1.28. The normalized spacial score (nSPS) is 9.76. The predicted molar refractivity (Wildman–Crippen MR) is 60.5 cm³/mol. The highest BCUT2D eigenvalue weighted by Crippen LogP contribution is 2.19. The number of nitriles is 1. The second-order valence-corrected chi connectivity index (χ2v) is 3.57. The monoisotopic (exact) mass is 237 g/mol. The molecule has 0 saturated carbocycles. The standard InChI is InChI=1S/C11H15N3O3/c1-4-16-10(15)6-5-9-13-8(7-12)11(17-9)14(2)3/h4-6H2,1-3H3. The number of oxazole rings is 1. The zero-order valence-corrected chi connectivity index (χ0v) is 10.2. The van der Waals surface area contributed by atoms with Gasteiger partial charge in [-0.3, -0.25) is 4.79 Å². The molecule has 0 aliphatic heterocycles. The minimum absolute atomic E-state index is 0.200. The van der Waals surface area contributed by atoms with Crippen LogP contribution in [0.3, 0.4) is 0 Å². The number of hydrogen-bond donors (Lipinski definition) is 0. The quantitative estimate of drug-likeness (QED) is 0.714. The molecule has 0 radical (unpaired) electrons. The molecule has 1 heterocycles. The van der Waals surface area contributed by atoms with Crippen LogP contribution in [0.2, 0.25) is 0 Å². The minimum Gasteiger partial charge on any atom is -0.466 e. The van der Waals surface area contributed by atoms with Crippen molar-refractivity contribution in [1.82, 2.24) is 4.98 Å². The molecule has 0 aliphatic rings. The number of rotatable bonds is 5. The highest BCUT2D eigenvalue weighted by atomic mass is 16.5. The first-order chi connectivity index (χ1) is 8.08. The van der Waals surface area contributed by atoms with Gasteiger partial charge in [0.25, 0.3) is 0 Å². The fraction of sp³-hybridized carbons (Fsp3) is 0.545. The van der Waals surface area contributed by atoms with Crippen molar-refractivity contribution >= 4 is 11.9 Å². The van der Waals surface area contributed by atoms with Gasteiger partial charge in [-0.25, -0.2) is 4.98 Å². The van der Waals surface area contributed by atoms with E-state index < -0.39 is 0 Å². The summed E-state index contributed by atoms with van der Waals surface area (Å²) in [5, 5.41) is 8.85. The average molecular weight is 237 g/mol. The van der Waals surface area contributed by atoms with E-state index in [9.17, 15) is 4.79 Å². The van der Waals surface area contributed by atoms with Gasteiger partial charge in [0, 0.05) is 20.5 Å². The first-order valence-corrected chi connectivity index (χ1v) is 5.31. The number of anilines is 1. The van der Waals surface area contributed by atoms with E-state index >= 15 is 0 Å². The van der Waals surface area contributed by atoms with Crippen LogP contribution in [0.1, 0.15) is 24.9 Å². The highest BCUT2D eigenvalue weighted by molar-refractivity contribution is 5.69. The summed E-state index contributed by atoms with van der Waals surface area (Å²) in [6.45, 7) is 2.11. The highest BCUT2D eigenvalue weighted by Gasteiger charge is 2.15. The van der Waals surface area contributed by atoms with Crippen molar-refractivity contribution in [3.63, 3.8) is 0 Å². The molecule has 6 heteroatoms. The Morgan fingerprint density at radius 1 is 1.59 bits per heavy atom. The van der Waals surface area contributed by atoms with Crippen LogP contribution in [-0.4, -0.2) is 31.7 Å². The number of aryl methyl sites for hydroxylation is 1. The summed E-state index contributed by atoms with van der Waals surface area (Å²) < 4.78 is 10.2. The largest absolute Gasteiger partial charge is 0.466 e. The Hall–Kier alpha value is -2.03. The van der Waals surface area contributed by atoms with E-state index in [2.05, 4.69) is 4.98 Å². The van der Waals surface area contributed by atoms with E-state index in [1.807, 2.05) is 6.07 Å². The van der Waals surface area contributed by atoms with E-state index in [1.165, 1.54) is 0 Å². The van der Waals surface area contributed by atoms with Gasteiger partial charge in [-0.2, -0.15) is 5.26 Å². The Morgan fingerprint density at radius 3 is 2.76 bits per heavy atom. The molecule has 17 heavy (non-hydrogen) atoms. The predicted octanol–water partition coefficient (Wildman–Crippen LogP) is 1.11. The minimum atomic E-state index is -0.296. The SMILES string of the molecule is CCOC(=O)CCc1nc(C#N)c(N(C)C)o1. The van der Waals surface area contributed by atoms with Gasteiger partial charge in [0.15, 0.2) is 5.89 Å². The van der Waals surface area contributed by atoms with Crippen LogP contribution in [0.15, 0.2) is 4.42 Å². The summed E-state index contributed by atoms with van der Waals surface area (Å²) in [5.74, 6) is 0.486. The summed E-state index contributed by atoms with van der Waals surface area (Å²) in [5.41, 5.74) is 0.230.